The first-order valence-corrected chi connectivity index (χ1v) is 6.55. The summed E-state index contributed by atoms with van der Waals surface area (Å²) in [6, 6.07) is 4.19. The van der Waals surface area contributed by atoms with E-state index < -0.39 is 17.3 Å². The van der Waals surface area contributed by atoms with Gasteiger partial charge in [0.1, 0.15) is 11.9 Å². The summed E-state index contributed by atoms with van der Waals surface area (Å²) in [4.78, 5) is 12.0. The van der Waals surface area contributed by atoms with Gasteiger partial charge in [0, 0.05) is 11.1 Å². The van der Waals surface area contributed by atoms with Crippen LogP contribution in [0.15, 0.2) is 23.4 Å². The number of nitrogens with zero attached hydrogens (tertiary/aromatic N) is 1. The normalized spacial score (nSPS) is 20.6. The quantitative estimate of drug-likeness (QED) is 0.487. The number of oxime groups is 1. The van der Waals surface area contributed by atoms with Crippen molar-refractivity contribution in [2.45, 2.75) is 39.7 Å². The standard InChI is InChI=1S/C15H18FNO3/c1-15(2,3)14(18)20-13-7-6-12(17-19)10-5-4-9(16)8-11(10)13/h4-5,8,13,19H,6-7H2,1-3H3/b17-12+. The molecule has 0 saturated heterocycles. The highest BCUT2D eigenvalue weighted by Gasteiger charge is 2.31. The van der Waals surface area contributed by atoms with Crippen molar-refractivity contribution in [3.8, 4) is 0 Å². The molecular formula is C15H18FNO3. The average molecular weight is 279 g/mol. The zero-order valence-electron chi connectivity index (χ0n) is 11.8. The Bertz CT molecular complexity index is 561. The topological polar surface area (TPSA) is 58.9 Å². The zero-order chi connectivity index (χ0) is 14.9. The molecule has 0 radical (unpaired) electrons. The van der Waals surface area contributed by atoms with Crippen LogP contribution in [0.5, 0.6) is 0 Å². The minimum atomic E-state index is -0.612. The van der Waals surface area contributed by atoms with E-state index in [1.807, 2.05) is 0 Å². The monoisotopic (exact) mass is 279 g/mol. The second kappa shape index (κ2) is 5.23. The molecule has 0 heterocycles. The molecule has 4 nitrogen and oxygen atoms in total. The number of ether oxygens (including phenoxy) is 1. The van der Waals surface area contributed by atoms with Crippen molar-refractivity contribution in [3.63, 3.8) is 0 Å². The summed E-state index contributed by atoms with van der Waals surface area (Å²) >= 11 is 0. The fraction of sp³-hybridized carbons (Fsp3) is 0.467. The summed E-state index contributed by atoms with van der Waals surface area (Å²) < 4.78 is 18.9. The molecule has 5 heteroatoms. The zero-order valence-corrected chi connectivity index (χ0v) is 11.8. The lowest BCUT2D eigenvalue weighted by Gasteiger charge is -2.28. The highest BCUT2D eigenvalue weighted by Crippen LogP contribution is 2.35. The van der Waals surface area contributed by atoms with E-state index in [1.165, 1.54) is 12.1 Å². The van der Waals surface area contributed by atoms with Crippen molar-refractivity contribution in [3.05, 3.63) is 35.1 Å². The number of hydrogen-bond acceptors (Lipinski definition) is 4. The second-order valence-corrected chi connectivity index (χ2v) is 5.96. The number of fused-ring (bicyclic) bond motifs is 1. The first kappa shape index (κ1) is 14.5. The highest BCUT2D eigenvalue weighted by atomic mass is 19.1. The highest BCUT2D eigenvalue weighted by molar-refractivity contribution is 6.02. The third-order valence-electron chi connectivity index (χ3n) is 3.30. The first-order valence-electron chi connectivity index (χ1n) is 6.55. The van der Waals surface area contributed by atoms with Crippen LogP contribution in [0, 0.1) is 11.2 Å². The van der Waals surface area contributed by atoms with Gasteiger partial charge in [-0.2, -0.15) is 0 Å². The van der Waals surface area contributed by atoms with Crippen LogP contribution in [-0.4, -0.2) is 16.9 Å². The van der Waals surface area contributed by atoms with Gasteiger partial charge in [0.15, 0.2) is 0 Å². The summed E-state index contributed by atoms with van der Waals surface area (Å²) in [5.41, 5.74) is 1.07. The number of carbonyl (C=O) groups excluding carboxylic acids is 1. The number of halogens is 1. The van der Waals surface area contributed by atoms with E-state index in [9.17, 15) is 9.18 Å². The van der Waals surface area contributed by atoms with E-state index in [4.69, 9.17) is 9.94 Å². The molecule has 0 aromatic heterocycles. The SMILES string of the molecule is CC(C)(C)C(=O)OC1CC/C(=N\O)c2ccc(F)cc21. The Morgan fingerprint density at radius 1 is 1.45 bits per heavy atom. The van der Waals surface area contributed by atoms with Crippen LogP contribution in [0.25, 0.3) is 0 Å². The number of esters is 1. The Hall–Kier alpha value is -1.91. The molecule has 1 aliphatic carbocycles. The lowest BCUT2D eigenvalue weighted by atomic mass is 9.87. The van der Waals surface area contributed by atoms with Gasteiger partial charge < -0.3 is 9.94 Å². The molecule has 0 spiro atoms. The van der Waals surface area contributed by atoms with Gasteiger partial charge in [-0.3, -0.25) is 4.79 Å². The van der Waals surface area contributed by atoms with E-state index in [0.29, 0.717) is 29.7 Å². The minimum Gasteiger partial charge on any atom is -0.457 e. The summed E-state index contributed by atoms with van der Waals surface area (Å²) in [6.07, 6.45) is 0.465. The van der Waals surface area contributed by atoms with Crippen molar-refractivity contribution in [2.75, 3.05) is 0 Å². The molecule has 2 rings (SSSR count). The maximum atomic E-state index is 13.4. The number of carbonyl (C=O) groups is 1. The summed E-state index contributed by atoms with van der Waals surface area (Å²) in [7, 11) is 0. The maximum absolute atomic E-state index is 13.4. The van der Waals surface area contributed by atoms with E-state index in [1.54, 1.807) is 26.8 Å². The van der Waals surface area contributed by atoms with Crippen molar-refractivity contribution < 1.29 is 19.1 Å². The van der Waals surface area contributed by atoms with Crippen molar-refractivity contribution >= 4 is 11.7 Å². The fourth-order valence-electron chi connectivity index (χ4n) is 2.15. The number of benzene rings is 1. The van der Waals surface area contributed by atoms with Crippen LogP contribution < -0.4 is 0 Å². The summed E-state index contributed by atoms with van der Waals surface area (Å²) in [6.45, 7) is 5.31. The minimum absolute atomic E-state index is 0.331. The van der Waals surface area contributed by atoms with Gasteiger partial charge in [0.25, 0.3) is 0 Å². The Kier molecular flexibility index (Phi) is 3.79. The van der Waals surface area contributed by atoms with Crippen LogP contribution in [-0.2, 0) is 9.53 Å². The van der Waals surface area contributed by atoms with Gasteiger partial charge >= 0.3 is 5.97 Å². The summed E-state index contributed by atoms with van der Waals surface area (Å²) in [5.74, 6) is -0.734. The van der Waals surface area contributed by atoms with Crippen molar-refractivity contribution in [2.24, 2.45) is 10.6 Å². The third kappa shape index (κ3) is 2.81. The molecule has 20 heavy (non-hydrogen) atoms. The molecule has 1 aromatic carbocycles. The Morgan fingerprint density at radius 3 is 2.75 bits per heavy atom. The van der Waals surface area contributed by atoms with E-state index in [-0.39, 0.29) is 5.97 Å². The maximum Gasteiger partial charge on any atom is 0.311 e. The Balaban J connectivity index is 2.34. The average Bonchev–Trinajstić information content (AvgIpc) is 2.38. The molecule has 0 aliphatic heterocycles. The van der Waals surface area contributed by atoms with E-state index >= 15 is 0 Å². The molecule has 0 bridgehead atoms. The molecule has 1 aromatic rings. The first-order chi connectivity index (χ1) is 9.32. The lowest BCUT2D eigenvalue weighted by molar-refractivity contribution is -0.159. The molecule has 0 saturated carbocycles. The molecular weight excluding hydrogens is 261 g/mol. The lowest BCUT2D eigenvalue weighted by Crippen LogP contribution is -2.28. The molecule has 1 aliphatic rings. The second-order valence-electron chi connectivity index (χ2n) is 5.96. The van der Waals surface area contributed by atoms with Crippen molar-refractivity contribution in [1.82, 2.24) is 0 Å². The van der Waals surface area contributed by atoms with Gasteiger partial charge in [0.2, 0.25) is 0 Å². The van der Waals surface area contributed by atoms with Gasteiger partial charge in [-0.15, -0.1) is 0 Å². The molecule has 0 amide bonds. The molecule has 108 valence electrons. The molecule has 0 fully saturated rings. The van der Waals surface area contributed by atoms with Crippen LogP contribution in [0.2, 0.25) is 0 Å². The fourth-order valence-corrected chi connectivity index (χ4v) is 2.15. The van der Waals surface area contributed by atoms with Crippen LogP contribution in [0.3, 0.4) is 0 Å². The van der Waals surface area contributed by atoms with E-state index in [2.05, 4.69) is 5.16 Å². The summed E-state index contributed by atoms with van der Waals surface area (Å²) in [5, 5.41) is 12.2. The van der Waals surface area contributed by atoms with Gasteiger partial charge in [-0.05, 0) is 51.8 Å². The van der Waals surface area contributed by atoms with Gasteiger partial charge in [0.05, 0.1) is 11.1 Å². The Morgan fingerprint density at radius 2 is 2.15 bits per heavy atom. The van der Waals surface area contributed by atoms with Crippen LogP contribution in [0.4, 0.5) is 4.39 Å². The molecule has 1 atom stereocenters. The predicted octanol–water partition coefficient (Wildman–Crippen LogP) is 3.43. The Labute approximate surface area is 117 Å². The van der Waals surface area contributed by atoms with Crippen molar-refractivity contribution in [1.29, 1.82) is 0 Å². The van der Waals surface area contributed by atoms with Crippen LogP contribution >= 0.6 is 0 Å². The number of rotatable bonds is 1. The largest absolute Gasteiger partial charge is 0.457 e. The smallest absolute Gasteiger partial charge is 0.311 e. The number of hydrogen-bond donors (Lipinski definition) is 1. The molecule has 1 N–H and O–H groups in total. The van der Waals surface area contributed by atoms with E-state index in [0.717, 1.165) is 0 Å². The van der Waals surface area contributed by atoms with Crippen LogP contribution in [0.1, 0.15) is 50.8 Å². The molecule has 1 unspecified atom stereocenters. The third-order valence-corrected chi connectivity index (χ3v) is 3.30. The van der Waals surface area contributed by atoms with Gasteiger partial charge in [-0.1, -0.05) is 5.16 Å². The predicted molar refractivity (Wildman–Crippen MR) is 72.2 cm³/mol. The van der Waals surface area contributed by atoms with Gasteiger partial charge in [-0.25, -0.2) is 4.39 Å².